The predicted octanol–water partition coefficient (Wildman–Crippen LogP) is -0.208. The maximum atomic E-state index is 12.0. The number of carbonyl (C=O) groups excluding carboxylic acids is 1. The van der Waals surface area contributed by atoms with Gasteiger partial charge in [0, 0.05) is 13.0 Å². The van der Waals surface area contributed by atoms with Gasteiger partial charge in [0.25, 0.3) is 10.0 Å². The number of rotatable bonds is 6. The zero-order valence-electron chi connectivity index (χ0n) is 10.7. The molecular weight excluding hydrogens is 292 g/mol. The Morgan fingerprint density at radius 1 is 1.42 bits per heavy atom. The van der Waals surface area contributed by atoms with Gasteiger partial charge in [0.15, 0.2) is 0 Å². The molecule has 0 aliphatic rings. The van der Waals surface area contributed by atoms with Gasteiger partial charge in [-0.3, -0.25) is 4.79 Å². The van der Waals surface area contributed by atoms with Gasteiger partial charge >= 0.3 is 0 Å². The Balaban J connectivity index is 2.88. The van der Waals surface area contributed by atoms with Crippen molar-refractivity contribution in [2.24, 2.45) is 5.92 Å². The minimum Gasteiger partial charge on any atom is -0.395 e. The smallest absolute Gasteiger partial charge is 0.270 e. The van der Waals surface area contributed by atoms with Crippen molar-refractivity contribution in [3.8, 4) is 0 Å². The van der Waals surface area contributed by atoms with Crippen molar-refractivity contribution in [1.82, 2.24) is 14.9 Å². The molecular formula is C9H16N4O4S2. The number of amides is 1. The molecule has 1 aromatic heterocycles. The molecule has 0 radical (unpaired) electrons. The average Bonchev–Trinajstić information content (AvgIpc) is 2.73. The normalized spacial score (nSPS) is 13.5. The van der Waals surface area contributed by atoms with Gasteiger partial charge in [-0.25, -0.2) is 13.1 Å². The van der Waals surface area contributed by atoms with E-state index in [9.17, 15) is 13.2 Å². The van der Waals surface area contributed by atoms with Gasteiger partial charge in [0.2, 0.25) is 15.4 Å². The Morgan fingerprint density at radius 3 is 2.53 bits per heavy atom. The summed E-state index contributed by atoms with van der Waals surface area (Å²) in [7, 11) is -3.85. The van der Waals surface area contributed by atoms with Crippen LogP contribution in [0.3, 0.4) is 0 Å². The quantitative estimate of drug-likeness (QED) is 0.625. The van der Waals surface area contributed by atoms with Crippen LogP contribution in [0.1, 0.15) is 20.8 Å². The highest BCUT2D eigenvalue weighted by atomic mass is 32.2. The van der Waals surface area contributed by atoms with Crippen molar-refractivity contribution in [2.75, 3.05) is 11.9 Å². The van der Waals surface area contributed by atoms with E-state index in [-0.39, 0.29) is 27.9 Å². The second-order valence-corrected chi connectivity index (χ2v) is 7.07. The Bertz CT molecular complexity index is 540. The van der Waals surface area contributed by atoms with Crippen molar-refractivity contribution in [3.63, 3.8) is 0 Å². The number of sulfonamides is 1. The zero-order chi connectivity index (χ0) is 14.6. The highest BCUT2D eigenvalue weighted by Gasteiger charge is 2.25. The molecule has 0 saturated carbocycles. The summed E-state index contributed by atoms with van der Waals surface area (Å²) in [5.74, 6) is -0.425. The summed E-state index contributed by atoms with van der Waals surface area (Å²) < 4.78 is 26.0. The molecule has 0 aromatic carbocycles. The fourth-order valence-electron chi connectivity index (χ4n) is 1.15. The Hall–Kier alpha value is -1.10. The summed E-state index contributed by atoms with van der Waals surface area (Å²) in [4.78, 5) is 10.8. The highest BCUT2D eigenvalue weighted by molar-refractivity contribution is 7.91. The summed E-state index contributed by atoms with van der Waals surface area (Å²) >= 11 is 0.746. The molecule has 10 heteroatoms. The van der Waals surface area contributed by atoms with Crippen LogP contribution in [0.25, 0.3) is 0 Å². The number of hydrogen-bond acceptors (Lipinski definition) is 7. The van der Waals surface area contributed by atoms with Crippen LogP contribution in [0.4, 0.5) is 5.13 Å². The molecule has 0 fully saturated rings. The SMILES string of the molecule is CC(=O)Nc1nnc(S(=O)(=O)NC(CO)C(C)C)s1. The van der Waals surface area contributed by atoms with Gasteiger partial charge in [-0.1, -0.05) is 25.2 Å². The maximum absolute atomic E-state index is 12.0. The largest absolute Gasteiger partial charge is 0.395 e. The third-order valence-electron chi connectivity index (χ3n) is 2.23. The molecule has 1 rings (SSSR count). The first-order valence-corrected chi connectivity index (χ1v) is 7.80. The first kappa shape index (κ1) is 16.0. The van der Waals surface area contributed by atoms with E-state index in [2.05, 4.69) is 20.2 Å². The second-order valence-electron chi connectivity index (χ2n) is 4.21. The number of aliphatic hydroxyl groups is 1. The summed E-state index contributed by atoms with van der Waals surface area (Å²) in [6.07, 6.45) is 0. The fraction of sp³-hybridized carbons (Fsp3) is 0.667. The van der Waals surface area contributed by atoms with Gasteiger partial charge < -0.3 is 10.4 Å². The second kappa shape index (κ2) is 6.37. The van der Waals surface area contributed by atoms with E-state index >= 15 is 0 Å². The monoisotopic (exact) mass is 308 g/mol. The number of aliphatic hydroxyl groups excluding tert-OH is 1. The lowest BCUT2D eigenvalue weighted by Crippen LogP contribution is -2.41. The Labute approximate surface area is 115 Å². The van der Waals surface area contributed by atoms with Gasteiger partial charge in [-0.15, -0.1) is 10.2 Å². The summed E-state index contributed by atoms with van der Waals surface area (Å²) in [5.41, 5.74) is 0. The van der Waals surface area contributed by atoms with E-state index in [4.69, 9.17) is 5.11 Å². The van der Waals surface area contributed by atoms with Crippen molar-refractivity contribution in [1.29, 1.82) is 0 Å². The first-order chi connectivity index (χ1) is 8.76. The molecule has 0 aliphatic carbocycles. The van der Waals surface area contributed by atoms with Gasteiger partial charge in [0.05, 0.1) is 6.61 Å². The maximum Gasteiger partial charge on any atom is 0.270 e. The topological polar surface area (TPSA) is 121 Å². The van der Waals surface area contributed by atoms with Gasteiger partial charge in [-0.05, 0) is 5.92 Å². The van der Waals surface area contributed by atoms with E-state index in [1.54, 1.807) is 13.8 Å². The van der Waals surface area contributed by atoms with Crippen molar-refractivity contribution in [3.05, 3.63) is 0 Å². The summed E-state index contributed by atoms with van der Waals surface area (Å²) in [5, 5.41) is 18.6. The van der Waals surface area contributed by atoms with E-state index in [1.165, 1.54) is 6.92 Å². The van der Waals surface area contributed by atoms with Crippen LogP contribution in [0, 0.1) is 5.92 Å². The van der Waals surface area contributed by atoms with Crippen LogP contribution in [0.5, 0.6) is 0 Å². The summed E-state index contributed by atoms with van der Waals surface area (Å²) in [6, 6.07) is -0.599. The molecule has 1 unspecified atom stereocenters. The van der Waals surface area contributed by atoms with Gasteiger partial charge in [0.1, 0.15) is 0 Å². The molecule has 1 heterocycles. The van der Waals surface area contributed by atoms with Crippen LogP contribution in [-0.2, 0) is 14.8 Å². The molecule has 108 valence electrons. The molecule has 3 N–H and O–H groups in total. The van der Waals surface area contributed by atoms with E-state index < -0.39 is 16.1 Å². The average molecular weight is 308 g/mol. The molecule has 0 bridgehead atoms. The Kier molecular flexibility index (Phi) is 5.35. The molecule has 1 atom stereocenters. The van der Waals surface area contributed by atoms with Crippen LogP contribution < -0.4 is 10.0 Å². The molecule has 1 aromatic rings. The number of aromatic nitrogens is 2. The molecule has 8 nitrogen and oxygen atoms in total. The minimum atomic E-state index is -3.85. The molecule has 0 saturated heterocycles. The highest BCUT2D eigenvalue weighted by Crippen LogP contribution is 2.20. The van der Waals surface area contributed by atoms with Crippen LogP contribution >= 0.6 is 11.3 Å². The number of nitrogens with zero attached hydrogens (tertiary/aromatic N) is 2. The predicted molar refractivity (Wildman–Crippen MR) is 70.2 cm³/mol. The van der Waals surface area contributed by atoms with Crippen LogP contribution in [0.15, 0.2) is 4.34 Å². The van der Waals surface area contributed by atoms with Gasteiger partial charge in [-0.2, -0.15) is 0 Å². The Morgan fingerprint density at radius 2 is 2.05 bits per heavy atom. The van der Waals surface area contributed by atoms with E-state index in [1.807, 2.05) is 0 Å². The van der Waals surface area contributed by atoms with Crippen molar-refractivity contribution >= 4 is 32.4 Å². The molecule has 19 heavy (non-hydrogen) atoms. The lowest BCUT2D eigenvalue weighted by atomic mass is 10.1. The van der Waals surface area contributed by atoms with E-state index in [0.29, 0.717) is 0 Å². The van der Waals surface area contributed by atoms with E-state index in [0.717, 1.165) is 11.3 Å². The lowest BCUT2D eigenvalue weighted by molar-refractivity contribution is -0.114. The van der Waals surface area contributed by atoms with Crippen molar-refractivity contribution < 1.29 is 18.3 Å². The third kappa shape index (κ3) is 4.49. The molecule has 0 spiro atoms. The summed E-state index contributed by atoms with van der Waals surface area (Å²) in [6.45, 7) is 4.54. The number of hydrogen-bond donors (Lipinski definition) is 3. The van der Waals surface area contributed by atoms with Crippen LogP contribution in [-0.4, -0.2) is 42.3 Å². The number of anilines is 1. The molecule has 1 amide bonds. The first-order valence-electron chi connectivity index (χ1n) is 5.50. The number of nitrogens with one attached hydrogen (secondary N) is 2. The van der Waals surface area contributed by atoms with Crippen LogP contribution in [0.2, 0.25) is 0 Å². The number of carbonyl (C=O) groups is 1. The third-order valence-corrected chi connectivity index (χ3v) is 4.92. The molecule has 0 aliphatic heterocycles. The zero-order valence-corrected chi connectivity index (χ0v) is 12.4. The lowest BCUT2D eigenvalue weighted by Gasteiger charge is -2.18. The fourth-order valence-corrected chi connectivity index (χ4v) is 3.49. The standard InChI is InChI=1S/C9H16N4O4S2/c1-5(2)7(4-14)13-19(16,17)9-12-11-8(18-9)10-6(3)15/h5,7,13-14H,4H2,1-3H3,(H,10,11,15). The minimum absolute atomic E-state index is 0.0671. The van der Waals surface area contributed by atoms with Crippen molar-refractivity contribution in [2.45, 2.75) is 31.2 Å².